The van der Waals surface area contributed by atoms with Crippen LogP contribution in [0.15, 0.2) is 53.5 Å². The van der Waals surface area contributed by atoms with Gasteiger partial charge in [0.2, 0.25) is 0 Å². The molecule has 6 nitrogen and oxygen atoms in total. The minimum atomic E-state index is 0. The number of benzene rings is 2. The van der Waals surface area contributed by atoms with Crippen molar-refractivity contribution in [2.24, 2.45) is 4.99 Å². The minimum Gasteiger partial charge on any atom is -0.492 e. The number of nitrogens with one attached hydrogen (secondary N) is 1. The van der Waals surface area contributed by atoms with Gasteiger partial charge in [0.25, 0.3) is 0 Å². The smallest absolute Gasteiger partial charge is 0.193 e. The first kappa shape index (κ1) is 27.4. The lowest BCUT2D eigenvalue weighted by molar-refractivity contribution is 0.0392. The van der Waals surface area contributed by atoms with Crippen LogP contribution in [0.3, 0.4) is 0 Å². The molecular weight excluding hydrogens is 527 g/mol. The molecule has 0 aliphatic carbocycles. The van der Waals surface area contributed by atoms with Crippen LogP contribution in [0.2, 0.25) is 0 Å². The number of likely N-dealkylation sites (N-methyl/N-ethyl adjacent to an activating group) is 1. The van der Waals surface area contributed by atoms with Gasteiger partial charge in [-0.3, -0.25) is 9.89 Å². The van der Waals surface area contributed by atoms with Gasteiger partial charge >= 0.3 is 0 Å². The lowest BCUT2D eigenvalue weighted by Crippen LogP contribution is -2.38. The molecule has 2 aromatic rings. The molecule has 7 heteroatoms. The van der Waals surface area contributed by atoms with Crippen molar-refractivity contribution in [2.75, 3.05) is 47.5 Å². The molecule has 0 spiro atoms. The monoisotopic (exact) mass is 566 g/mol. The maximum atomic E-state index is 6.04. The van der Waals surface area contributed by atoms with Gasteiger partial charge in [0.1, 0.15) is 12.4 Å². The quantitative estimate of drug-likeness (QED) is 0.279. The lowest BCUT2D eigenvalue weighted by atomic mass is 10.1. The van der Waals surface area contributed by atoms with Gasteiger partial charge in [0, 0.05) is 53.0 Å². The Morgan fingerprint density at radius 3 is 2.61 bits per heavy atom. The van der Waals surface area contributed by atoms with Crippen LogP contribution in [0, 0.1) is 6.92 Å². The Morgan fingerprint density at radius 2 is 1.88 bits per heavy atom. The molecule has 182 valence electrons. The fourth-order valence-corrected chi connectivity index (χ4v) is 4.04. The molecule has 1 heterocycles. The molecule has 3 rings (SSSR count). The molecule has 0 atom stereocenters. The van der Waals surface area contributed by atoms with Crippen molar-refractivity contribution in [3.8, 4) is 5.75 Å². The highest BCUT2D eigenvalue weighted by Crippen LogP contribution is 2.15. The number of rotatable bonds is 9. The van der Waals surface area contributed by atoms with Gasteiger partial charge in [-0.15, -0.1) is 24.0 Å². The zero-order chi connectivity index (χ0) is 22.8. The van der Waals surface area contributed by atoms with Crippen molar-refractivity contribution >= 4 is 29.9 Å². The van der Waals surface area contributed by atoms with E-state index in [2.05, 4.69) is 77.5 Å². The average molecular weight is 567 g/mol. The third-order valence-corrected chi connectivity index (χ3v) is 6.12. The Hall–Kier alpha value is -1.84. The molecule has 0 bridgehead atoms. The van der Waals surface area contributed by atoms with E-state index in [1.165, 1.54) is 16.7 Å². The highest BCUT2D eigenvalue weighted by Gasteiger charge is 2.18. The van der Waals surface area contributed by atoms with Crippen molar-refractivity contribution < 1.29 is 9.47 Å². The number of halogens is 1. The number of guanidine groups is 1. The summed E-state index contributed by atoms with van der Waals surface area (Å²) < 4.78 is 11.5. The van der Waals surface area contributed by atoms with Crippen LogP contribution in [0.25, 0.3) is 0 Å². The molecular formula is C26H39IN4O2. The van der Waals surface area contributed by atoms with Crippen LogP contribution < -0.4 is 10.1 Å². The van der Waals surface area contributed by atoms with E-state index in [1.54, 1.807) is 0 Å². The third-order valence-electron chi connectivity index (χ3n) is 6.12. The molecule has 2 aromatic carbocycles. The fourth-order valence-electron chi connectivity index (χ4n) is 4.04. The van der Waals surface area contributed by atoms with Crippen LogP contribution >= 0.6 is 24.0 Å². The first-order valence-corrected chi connectivity index (χ1v) is 11.5. The molecule has 1 aliphatic heterocycles. The number of aliphatic imine (C=N–C) groups is 1. The van der Waals surface area contributed by atoms with E-state index >= 15 is 0 Å². The van der Waals surface area contributed by atoms with Crippen LogP contribution in [-0.2, 0) is 17.8 Å². The second-order valence-electron chi connectivity index (χ2n) is 8.50. The van der Waals surface area contributed by atoms with Crippen molar-refractivity contribution in [3.63, 3.8) is 0 Å². The largest absolute Gasteiger partial charge is 0.492 e. The van der Waals surface area contributed by atoms with Crippen molar-refractivity contribution in [3.05, 3.63) is 65.2 Å². The summed E-state index contributed by atoms with van der Waals surface area (Å²) in [4.78, 5) is 8.99. The Bertz CT molecular complexity index is 871. The molecule has 1 aliphatic rings. The van der Waals surface area contributed by atoms with Crippen molar-refractivity contribution in [1.82, 2.24) is 15.1 Å². The first-order valence-electron chi connectivity index (χ1n) is 11.5. The predicted molar refractivity (Wildman–Crippen MR) is 147 cm³/mol. The molecule has 0 saturated carbocycles. The van der Waals surface area contributed by atoms with E-state index in [0.717, 1.165) is 50.9 Å². The summed E-state index contributed by atoms with van der Waals surface area (Å²) in [5, 5.41) is 3.47. The average Bonchev–Trinajstić information content (AvgIpc) is 2.82. The summed E-state index contributed by atoms with van der Waals surface area (Å²) in [5.74, 6) is 1.78. The normalized spacial score (nSPS) is 14.6. The van der Waals surface area contributed by atoms with Crippen LogP contribution in [0.5, 0.6) is 5.75 Å². The number of aryl methyl sites for hydroxylation is 1. The van der Waals surface area contributed by atoms with Gasteiger partial charge in [-0.25, -0.2) is 0 Å². The zero-order valence-corrected chi connectivity index (χ0v) is 22.7. The minimum absolute atomic E-state index is 0. The van der Waals surface area contributed by atoms with Gasteiger partial charge < -0.3 is 19.7 Å². The molecule has 0 unspecified atom stereocenters. The first-order chi connectivity index (χ1) is 15.6. The Kier molecular flexibility index (Phi) is 12.0. The molecule has 1 N–H and O–H groups in total. The highest BCUT2D eigenvalue weighted by molar-refractivity contribution is 14.0. The van der Waals surface area contributed by atoms with Crippen LogP contribution in [-0.4, -0.2) is 69.3 Å². The third kappa shape index (κ3) is 8.79. The lowest BCUT2D eigenvalue weighted by Gasteiger charge is -2.31. The van der Waals surface area contributed by atoms with Gasteiger partial charge in [-0.1, -0.05) is 36.4 Å². The maximum absolute atomic E-state index is 6.04. The summed E-state index contributed by atoms with van der Waals surface area (Å²) in [7, 11) is 6.07. The van der Waals surface area contributed by atoms with Crippen LogP contribution in [0.4, 0.5) is 0 Å². The molecule has 33 heavy (non-hydrogen) atoms. The fraction of sp³-hybridized carbons (Fsp3) is 0.500. The molecule has 0 aromatic heterocycles. The Morgan fingerprint density at radius 1 is 1.12 bits per heavy atom. The topological polar surface area (TPSA) is 49.3 Å². The zero-order valence-electron chi connectivity index (χ0n) is 20.4. The van der Waals surface area contributed by atoms with Gasteiger partial charge in [-0.2, -0.15) is 0 Å². The Balaban J connectivity index is 0.00000385. The highest BCUT2D eigenvalue weighted by atomic mass is 127. The Labute approximate surface area is 216 Å². The van der Waals surface area contributed by atoms with E-state index in [1.807, 2.05) is 19.2 Å². The molecule has 0 amide bonds. The van der Waals surface area contributed by atoms with E-state index in [4.69, 9.17) is 9.47 Å². The second kappa shape index (κ2) is 14.4. The van der Waals surface area contributed by atoms with Gasteiger partial charge in [-0.05, 0) is 55.6 Å². The van der Waals surface area contributed by atoms with Gasteiger partial charge in [0.05, 0.1) is 0 Å². The number of hydrogen-bond acceptors (Lipinski definition) is 4. The molecule has 1 saturated heterocycles. The van der Waals surface area contributed by atoms with E-state index in [0.29, 0.717) is 19.2 Å². The summed E-state index contributed by atoms with van der Waals surface area (Å²) in [6, 6.07) is 17.4. The number of hydrogen-bond donors (Lipinski definition) is 1. The number of ether oxygens (including phenoxy) is 2. The summed E-state index contributed by atoms with van der Waals surface area (Å²) >= 11 is 0. The molecule has 0 radical (unpaired) electrons. The van der Waals surface area contributed by atoms with E-state index in [9.17, 15) is 0 Å². The van der Waals surface area contributed by atoms with Crippen molar-refractivity contribution in [1.29, 1.82) is 0 Å². The van der Waals surface area contributed by atoms with E-state index < -0.39 is 0 Å². The molecule has 1 fully saturated rings. The maximum Gasteiger partial charge on any atom is 0.193 e. The summed E-state index contributed by atoms with van der Waals surface area (Å²) in [5.41, 5.74) is 3.77. The van der Waals surface area contributed by atoms with Gasteiger partial charge in [0.15, 0.2) is 5.96 Å². The summed E-state index contributed by atoms with van der Waals surface area (Å²) in [6.45, 7) is 7.00. The number of nitrogens with zero attached hydrogens (tertiary/aromatic N) is 3. The SMILES string of the molecule is CN=C(NCc1cccc(OCCN(C)C2CCOCC2)c1)N(C)Cc1ccccc1C.I. The van der Waals surface area contributed by atoms with Crippen molar-refractivity contribution in [2.45, 2.75) is 38.9 Å². The predicted octanol–water partition coefficient (Wildman–Crippen LogP) is 4.31. The van der Waals surface area contributed by atoms with E-state index in [-0.39, 0.29) is 24.0 Å². The second-order valence-corrected chi connectivity index (χ2v) is 8.50. The van der Waals surface area contributed by atoms with Crippen LogP contribution in [0.1, 0.15) is 29.5 Å². The standard InChI is InChI=1S/C26H38N4O2.HI/c1-21-8-5-6-10-23(21)20-30(4)26(27-2)28-19-22-9-7-11-25(18-22)32-17-14-29(3)24-12-15-31-16-13-24;/h5-11,18,24H,12-17,19-20H2,1-4H3,(H,27,28);1H. The summed E-state index contributed by atoms with van der Waals surface area (Å²) in [6.07, 6.45) is 2.22.